The topological polar surface area (TPSA) is 34.6 Å². The number of methoxy groups -OCH3 is 1. The molecule has 0 spiro atoms. The van der Waals surface area contributed by atoms with Crippen molar-refractivity contribution in [2.45, 2.75) is 0 Å². The quantitative estimate of drug-likeness (QED) is 0.723. The van der Waals surface area contributed by atoms with Crippen LogP contribution in [0.3, 0.4) is 0 Å². The van der Waals surface area contributed by atoms with Gasteiger partial charge < -0.3 is 14.4 Å². The third-order valence-electron chi connectivity index (χ3n) is 2.61. The van der Waals surface area contributed by atoms with Gasteiger partial charge in [0.1, 0.15) is 0 Å². The van der Waals surface area contributed by atoms with Gasteiger partial charge in [0.25, 0.3) is 0 Å². The summed E-state index contributed by atoms with van der Waals surface area (Å²) in [5.74, 6) is 0. The first-order chi connectivity index (χ1) is 8.81. The minimum absolute atomic E-state index is 0. The lowest BCUT2D eigenvalue weighted by atomic mass is 10.3. The fourth-order valence-electron chi connectivity index (χ4n) is 1.56. The molecular formula is C13H20N2O2S. The molecule has 0 unspecified atom stereocenters. The molecule has 18 heavy (non-hydrogen) atoms. The number of rotatable bonds is 7. The summed E-state index contributed by atoms with van der Waals surface area (Å²) in [5, 5.41) is 1.03. The van der Waals surface area contributed by atoms with E-state index in [9.17, 15) is 0 Å². The van der Waals surface area contributed by atoms with E-state index in [2.05, 4.69) is 16.0 Å². The number of para-hydroxylation sites is 1. The molecule has 100 valence electrons. The molecule has 0 fully saturated rings. The van der Waals surface area contributed by atoms with Crippen LogP contribution in [0.4, 0.5) is 5.13 Å². The van der Waals surface area contributed by atoms with Crippen molar-refractivity contribution in [3.8, 4) is 0 Å². The summed E-state index contributed by atoms with van der Waals surface area (Å²) in [4.78, 5) is 6.71. The molecule has 0 atom stereocenters. The molecule has 0 saturated carbocycles. The lowest BCUT2D eigenvalue weighted by Crippen LogP contribution is -2.23. The Morgan fingerprint density at radius 3 is 2.89 bits per heavy atom. The van der Waals surface area contributed by atoms with Crippen LogP contribution >= 0.6 is 11.3 Å². The van der Waals surface area contributed by atoms with Crippen molar-refractivity contribution in [2.24, 2.45) is 0 Å². The predicted molar refractivity (Wildman–Crippen MR) is 77.7 cm³/mol. The van der Waals surface area contributed by atoms with Crippen LogP contribution in [0, 0.1) is 0 Å². The number of likely N-dealkylation sites (N-methyl/N-ethyl adjacent to an activating group) is 1. The molecule has 0 aliphatic heterocycles. The van der Waals surface area contributed by atoms with Crippen molar-refractivity contribution in [2.75, 3.05) is 45.4 Å². The van der Waals surface area contributed by atoms with Crippen molar-refractivity contribution in [3.05, 3.63) is 24.3 Å². The Morgan fingerprint density at radius 2 is 2.11 bits per heavy atom. The number of thiazole rings is 1. The average Bonchev–Trinajstić information content (AvgIpc) is 2.82. The first kappa shape index (κ1) is 13.3. The zero-order valence-corrected chi connectivity index (χ0v) is 11.6. The van der Waals surface area contributed by atoms with Crippen molar-refractivity contribution in [3.63, 3.8) is 0 Å². The highest BCUT2D eigenvalue weighted by Gasteiger charge is 2.07. The van der Waals surface area contributed by atoms with Crippen LogP contribution in [-0.2, 0) is 9.47 Å². The third kappa shape index (κ3) is 3.41. The van der Waals surface area contributed by atoms with Crippen LogP contribution in [0.15, 0.2) is 24.3 Å². The van der Waals surface area contributed by atoms with Gasteiger partial charge in [0.15, 0.2) is 5.13 Å². The number of ether oxygens (including phenoxy) is 2. The molecule has 5 heteroatoms. The van der Waals surface area contributed by atoms with Gasteiger partial charge in [-0.05, 0) is 12.1 Å². The van der Waals surface area contributed by atoms with Gasteiger partial charge in [-0.2, -0.15) is 0 Å². The minimum Gasteiger partial charge on any atom is -0.382 e. The van der Waals surface area contributed by atoms with E-state index >= 15 is 0 Å². The highest BCUT2D eigenvalue weighted by Crippen LogP contribution is 2.27. The van der Waals surface area contributed by atoms with Gasteiger partial charge in [-0.3, -0.25) is 0 Å². The van der Waals surface area contributed by atoms with Crippen LogP contribution in [-0.4, -0.2) is 45.5 Å². The van der Waals surface area contributed by atoms with Crippen molar-refractivity contribution in [1.82, 2.24) is 4.98 Å². The second-order valence-corrected chi connectivity index (χ2v) is 5.00. The van der Waals surface area contributed by atoms with E-state index < -0.39 is 0 Å². The zero-order chi connectivity index (χ0) is 12.8. The molecule has 0 bridgehead atoms. The summed E-state index contributed by atoms with van der Waals surface area (Å²) in [5.41, 5.74) is 1.06. The maximum absolute atomic E-state index is 5.45. The SMILES string of the molecule is COCCOCCN(C)c1nc2ccccc2s1.[HH]. The molecule has 0 radical (unpaired) electrons. The van der Waals surface area contributed by atoms with E-state index in [0.29, 0.717) is 19.8 Å². The van der Waals surface area contributed by atoms with Crippen LogP contribution in [0.25, 0.3) is 10.2 Å². The number of nitrogens with zero attached hydrogens (tertiary/aromatic N) is 2. The number of hydrogen-bond donors (Lipinski definition) is 0. The summed E-state index contributed by atoms with van der Waals surface area (Å²) in [6.07, 6.45) is 0. The number of anilines is 1. The van der Waals surface area contributed by atoms with Gasteiger partial charge >= 0.3 is 0 Å². The highest BCUT2D eigenvalue weighted by molar-refractivity contribution is 7.22. The Labute approximate surface area is 113 Å². The van der Waals surface area contributed by atoms with Crippen molar-refractivity contribution >= 4 is 26.7 Å². The first-order valence-electron chi connectivity index (χ1n) is 5.94. The van der Waals surface area contributed by atoms with E-state index in [4.69, 9.17) is 9.47 Å². The summed E-state index contributed by atoms with van der Waals surface area (Å²) < 4.78 is 11.6. The predicted octanol–water partition coefficient (Wildman–Crippen LogP) is 2.64. The molecule has 1 aromatic carbocycles. The van der Waals surface area contributed by atoms with E-state index in [-0.39, 0.29) is 1.43 Å². The van der Waals surface area contributed by atoms with Gasteiger partial charge in [0.2, 0.25) is 0 Å². The van der Waals surface area contributed by atoms with Gasteiger partial charge in [0.05, 0.1) is 30.0 Å². The van der Waals surface area contributed by atoms with Crippen molar-refractivity contribution < 1.29 is 10.9 Å². The summed E-state index contributed by atoms with van der Waals surface area (Å²) >= 11 is 1.71. The second-order valence-electron chi connectivity index (χ2n) is 3.99. The number of hydrogen-bond acceptors (Lipinski definition) is 5. The number of fused-ring (bicyclic) bond motifs is 1. The average molecular weight is 268 g/mol. The molecule has 1 aromatic heterocycles. The molecule has 2 aromatic rings. The molecular weight excluding hydrogens is 248 g/mol. The van der Waals surface area contributed by atoms with E-state index in [1.807, 2.05) is 25.2 Å². The van der Waals surface area contributed by atoms with Gasteiger partial charge in [-0.15, -0.1) is 0 Å². The van der Waals surface area contributed by atoms with Gasteiger partial charge in [-0.1, -0.05) is 23.5 Å². The first-order valence-corrected chi connectivity index (χ1v) is 6.76. The Morgan fingerprint density at radius 1 is 1.28 bits per heavy atom. The molecule has 1 heterocycles. The molecule has 0 aliphatic rings. The number of benzene rings is 1. The normalized spacial score (nSPS) is 11.0. The van der Waals surface area contributed by atoms with Crippen LogP contribution in [0.2, 0.25) is 0 Å². The standard InChI is InChI=1S/C13H18N2O2S.H2/c1-15(7-8-17-10-9-16-2)13-14-11-5-3-4-6-12(11)18-13;/h3-6H,7-10H2,1-2H3;1H. The fraction of sp³-hybridized carbons (Fsp3) is 0.462. The summed E-state index contributed by atoms with van der Waals surface area (Å²) in [6, 6.07) is 8.19. The van der Waals surface area contributed by atoms with Crippen molar-refractivity contribution in [1.29, 1.82) is 0 Å². The molecule has 0 aliphatic carbocycles. The molecule has 4 nitrogen and oxygen atoms in total. The summed E-state index contributed by atoms with van der Waals surface area (Å²) in [6.45, 7) is 2.81. The summed E-state index contributed by atoms with van der Waals surface area (Å²) in [7, 11) is 3.72. The Bertz CT molecular complexity index is 459. The number of aromatic nitrogens is 1. The molecule has 0 amide bonds. The minimum atomic E-state index is 0. The molecule has 0 saturated heterocycles. The maximum atomic E-state index is 5.45. The van der Waals surface area contributed by atoms with E-state index in [1.54, 1.807) is 18.4 Å². The highest BCUT2D eigenvalue weighted by atomic mass is 32.1. The van der Waals surface area contributed by atoms with Gasteiger partial charge in [-0.25, -0.2) is 4.98 Å². The third-order valence-corrected chi connectivity index (χ3v) is 3.76. The van der Waals surface area contributed by atoms with E-state index in [0.717, 1.165) is 17.2 Å². The van der Waals surface area contributed by atoms with Crippen LogP contribution < -0.4 is 4.90 Å². The lowest BCUT2D eigenvalue weighted by molar-refractivity contribution is 0.0744. The van der Waals surface area contributed by atoms with Crippen LogP contribution in [0.5, 0.6) is 0 Å². The maximum Gasteiger partial charge on any atom is 0.186 e. The molecule has 0 N–H and O–H groups in total. The van der Waals surface area contributed by atoms with Gasteiger partial charge in [0, 0.05) is 22.1 Å². The Hall–Kier alpha value is -1.17. The zero-order valence-electron chi connectivity index (χ0n) is 10.8. The largest absolute Gasteiger partial charge is 0.382 e. The second kappa shape index (κ2) is 6.68. The fourth-order valence-corrected chi connectivity index (χ4v) is 2.52. The monoisotopic (exact) mass is 268 g/mol. The Kier molecular flexibility index (Phi) is 4.92. The lowest BCUT2D eigenvalue weighted by Gasteiger charge is -2.15. The Balaban J connectivity index is 0.00000180. The smallest absolute Gasteiger partial charge is 0.186 e. The van der Waals surface area contributed by atoms with E-state index in [1.165, 1.54) is 4.70 Å². The van der Waals surface area contributed by atoms with Crippen LogP contribution in [0.1, 0.15) is 1.43 Å². The molecule has 2 rings (SSSR count).